The van der Waals surface area contributed by atoms with Crippen LogP contribution >= 0.6 is 16.3 Å². The summed E-state index contributed by atoms with van der Waals surface area (Å²) in [5, 5.41) is 9.26. The second kappa shape index (κ2) is 4.51. The van der Waals surface area contributed by atoms with Gasteiger partial charge in [-0.25, -0.2) is 0 Å². The maximum atomic E-state index is 10.6. The first kappa shape index (κ1) is 12.3. The SMILES string of the molecule is CC(C)C(O)(O[PH](=O)O)[PH](=O)O. The first-order valence-corrected chi connectivity index (χ1v) is 5.80. The highest BCUT2D eigenvalue weighted by molar-refractivity contribution is 7.41. The molecule has 0 rings (SSSR count). The predicted molar refractivity (Wildman–Crippen MR) is 43.3 cm³/mol. The normalized spacial score (nSPS) is 21.8. The van der Waals surface area contributed by atoms with Gasteiger partial charge in [0.25, 0.3) is 5.53 Å². The highest BCUT2D eigenvalue weighted by atomic mass is 31.1. The third kappa shape index (κ3) is 2.98. The fourth-order valence-corrected chi connectivity index (χ4v) is 2.15. The molecule has 74 valence electrons. The molecule has 0 aromatic carbocycles. The van der Waals surface area contributed by atoms with Crippen LogP contribution in [0.15, 0.2) is 0 Å². The Balaban J connectivity index is 4.62. The van der Waals surface area contributed by atoms with Crippen molar-refractivity contribution in [1.82, 2.24) is 0 Å². The molecule has 0 bridgehead atoms. The van der Waals surface area contributed by atoms with Gasteiger partial charge in [-0.3, -0.25) is 13.7 Å². The van der Waals surface area contributed by atoms with Gasteiger partial charge < -0.3 is 14.9 Å². The van der Waals surface area contributed by atoms with Crippen molar-refractivity contribution in [2.24, 2.45) is 5.92 Å². The van der Waals surface area contributed by atoms with Crippen LogP contribution in [0, 0.1) is 5.92 Å². The van der Waals surface area contributed by atoms with Gasteiger partial charge >= 0.3 is 8.25 Å². The summed E-state index contributed by atoms with van der Waals surface area (Å²) in [6.45, 7) is 2.81. The molecule has 0 saturated carbocycles. The van der Waals surface area contributed by atoms with E-state index in [2.05, 4.69) is 4.52 Å². The second-order valence-corrected chi connectivity index (χ2v) is 4.59. The quantitative estimate of drug-likeness (QED) is 0.458. The standard InChI is InChI=1S/C4H12O6P2/c1-3(2)4(5,11(6)7)10-12(8)9/h3,5,11-12H,1-2H3,(H,6,7)(H,8,9). The third-order valence-electron chi connectivity index (χ3n) is 1.33. The van der Waals surface area contributed by atoms with E-state index in [1.165, 1.54) is 13.8 Å². The fourth-order valence-electron chi connectivity index (χ4n) is 0.542. The molecule has 0 aromatic heterocycles. The topological polar surface area (TPSA) is 104 Å². The summed E-state index contributed by atoms with van der Waals surface area (Å²) in [7, 11) is -6.83. The minimum atomic E-state index is -3.42. The Labute approximate surface area is 71.0 Å². The summed E-state index contributed by atoms with van der Waals surface area (Å²) < 4.78 is 24.9. The van der Waals surface area contributed by atoms with Gasteiger partial charge in [-0.05, 0) is 0 Å². The largest absolute Gasteiger partial charge is 0.358 e. The first-order chi connectivity index (χ1) is 5.30. The molecule has 0 aliphatic carbocycles. The molecule has 0 radical (unpaired) electrons. The van der Waals surface area contributed by atoms with Gasteiger partial charge in [-0.15, -0.1) is 0 Å². The number of hydrogen-bond donors (Lipinski definition) is 3. The van der Waals surface area contributed by atoms with Crippen molar-refractivity contribution in [2.75, 3.05) is 0 Å². The monoisotopic (exact) mass is 218 g/mol. The highest BCUT2D eigenvalue weighted by Gasteiger charge is 2.39. The van der Waals surface area contributed by atoms with Gasteiger partial charge in [0.15, 0.2) is 0 Å². The van der Waals surface area contributed by atoms with E-state index in [1.54, 1.807) is 0 Å². The van der Waals surface area contributed by atoms with Crippen LogP contribution in [0.25, 0.3) is 0 Å². The molecular weight excluding hydrogens is 206 g/mol. The van der Waals surface area contributed by atoms with Gasteiger partial charge in [-0.1, -0.05) is 13.8 Å². The molecule has 0 saturated heterocycles. The van der Waals surface area contributed by atoms with E-state index >= 15 is 0 Å². The highest BCUT2D eigenvalue weighted by Crippen LogP contribution is 2.45. The fraction of sp³-hybridized carbons (Fsp3) is 1.00. The Morgan fingerprint density at radius 3 is 1.83 bits per heavy atom. The summed E-state index contributed by atoms with van der Waals surface area (Å²) in [4.78, 5) is 16.9. The van der Waals surface area contributed by atoms with Gasteiger partial charge in [0.1, 0.15) is 0 Å². The molecule has 3 unspecified atom stereocenters. The molecule has 0 amide bonds. The Kier molecular flexibility index (Phi) is 4.62. The van der Waals surface area contributed by atoms with Crippen molar-refractivity contribution in [3.8, 4) is 0 Å². The lowest BCUT2D eigenvalue weighted by Crippen LogP contribution is -2.31. The van der Waals surface area contributed by atoms with Gasteiger partial charge in [0, 0.05) is 5.92 Å². The first-order valence-electron chi connectivity index (χ1n) is 3.18. The Morgan fingerprint density at radius 1 is 1.33 bits per heavy atom. The zero-order valence-corrected chi connectivity index (χ0v) is 8.64. The smallest absolute Gasteiger partial charge is 0.319 e. The number of aliphatic hydroxyl groups is 1. The van der Waals surface area contributed by atoms with E-state index in [9.17, 15) is 14.2 Å². The van der Waals surface area contributed by atoms with Crippen molar-refractivity contribution in [1.29, 1.82) is 0 Å². The van der Waals surface area contributed by atoms with E-state index in [4.69, 9.17) is 9.79 Å². The molecule has 0 heterocycles. The number of rotatable bonds is 4. The van der Waals surface area contributed by atoms with Crippen molar-refractivity contribution in [2.45, 2.75) is 19.4 Å². The van der Waals surface area contributed by atoms with E-state index in [0.29, 0.717) is 0 Å². The molecular formula is C4H12O6P2. The average Bonchev–Trinajstić information content (AvgIpc) is 1.84. The lowest BCUT2D eigenvalue weighted by Gasteiger charge is -2.26. The van der Waals surface area contributed by atoms with Crippen LogP contribution in [-0.4, -0.2) is 20.4 Å². The third-order valence-corrected chi connectivity index (χ3v) is 3.31. The van der Waals surface area contributed by atoms with E-state index in [-0.39, 0.29) is 0 Å². The zero-order valence-electron chi connectivity index (χ0n) is 6.64. The molecule has 0 aromatic rings. The minimum absolute atomic E-state index is 0.727. The van der Waals surface area contributed by atoms with Crippen molar-refractivity contribution < 1.29 is 28.5 Å². The zero-order chi connectivity index (χ0) is 9.94. The predicted octanol–water partition coefficient (Wildman–Crippen LogP) is 0.154. The molecule has 0 spiro atoms. The van der Waals surface area contributed by atoms with Gasteiger partial charge in [0.05, 0.1) is 0 Å². The van der Waals surface area contributed by atoms with Crippen molar-refractivity contribution >= 4 is 16.3 Å². The number of hydrogen-bond acceptors (Lipinski definition) is 4. The molecule has 8 heteroatoms. The summed E-state index contributed by atoms with van der Waals surface area (Å²) in [5.74, 6) is -0.727. The summed E-state index contributed by atoms with van der Waals surface area (Å²) in [6.07, 6.45) is 0. The van der Waals surface area contributed by atoms with Gasteiger partial charge in [-0.2, -0.15) is 0 Å². The van der Waals surface area contributed by atoms with Crippen LogP contribution in [-0.2, 0) is 13.7 Å². The lowest BCUT2D eigenvalue weighted by molar-refractivity contribution is -0.102. The maximum Gasteiger partial charge on any atom is 0.319 e. The minimum Gasteiger partial charge on any atom is -0.358 e. The molecule has 0 fully saturated rings. The molecule has 3 N–H and O–H groups in total. The van der Waals surface area contributed by atoms with Crippen LogP contribution in [0.3, 0.4) is 0 Å². The summed E-state index contributed by atoms with van der Waals surface area (Å²) >= 11 is 0. The molecule has 0 aliphatic rings. The molecule has 3 atom stereocenters. The average molecular weight is 218 g/mol. The van der Waals surface area contributed by atoms with Crippen LogP contribution in [0.2, 0.25) is 0 Å². The van der Waals surface area contributed by atoms with Crippen LogP contribution in [0.4, 0.5) is 0 Å². The Hall–Kier alpha value is 0.300. The second-order valence-electron chi connectivity index (χ2n) is 2.52. The van der Waals surface area contributed by atoms with E-state index in [1.807, 2.05) is 0 Å². The molecule has 12 heavy (non-hydrogen) atoms. The lowest BCUT2D eigenvalue weighted by atomic mass is 10.2. The Morgan fingerprint density at radius 2 is 1.75 bits per heavy atom. The van der Waals surface area contributed by atoms with Crippen molar-refractivity contribution in [3.05, 3.63) is 0 Å². The van der Waals surface area contributed by atoms with Gasteiger partial charge in [0.2, 0.25) is 8.03 Å². The summed E-state index contributed by atoms with van der Waals surface area (Å²) in [5.41, 5.74) is -2.39. The van der Waals surface area contributed by atoms with E-state index < -0.39 is 27.7 Å². The van der Waals surface area contributed by atoms with Crippen molar-refractivity contribution in [3.63, 3.8) is 0 Å². The van der Waals surface area contributed by atoms with Crippen LogP contribution < -0.4 is 0 Å². The van der Waals surface area contributed by atoms with Crippen LogP contribution in [0.1, 0.15) is 13.8 Å². The Bertz CT molecular complexity index is 204. The molecule has 6 nitrogen and oxygen atoms in total. The summed E-state index contributed by atoms with van der Waals surface area (Å²) in [6, 6.07) is 0. The molecule has 0 aliphatic heterocycles. The van der Waals surface area contributed by atoms with Crippen LogP contribution in [0.5, 0.6) is 0 Å². The maximum absolute atomic E-state index is 10.6. The van der Waals surface area contributed by atoms with E-state index in [0.717, 1.165) is 0 Å².